The molecule has 0 radical (unpaired) electrons. The number of nitrogens with one attached hydrogen (secondary N) is 1. The first-order valence-electron chi connectivity index (χ1n) is 6.06. The summed E-state index contributed by atoms with van der Waals surface area (Å²) in [5.74, 6) is -2.06. The molecule has 1 aliphatic rings. The van der Waals surface area contributed by atoms with Gasteiger partial charge in [-0.2, -0.15) is 0 Å². The van der Waals surface area contributed by atoms with E-state index in [9.17, 15) is 13.6 Å². The molecule has 1 aliphatic heterocycles. The Balaban J connectivity index is 2.06. The van der Waals surface area contributed by atoms with E-state index in [0.717, 1.165) is 6.07 Å². The summed E-state index contributed by atoms with van der Waals surface area (Å²) in [5.41, 5.74) is 0.357. The minimum Gasteiger partial charge on any atom is -0.476 e. The molecule has 3 rings (SSSR count). The summed E-state index contributed by atoms with van der Waals surface area (Å²) in [6.45, 7) is 0.554. The molecular weight excluding hydrogens is 268 g/mol. The number of halogens is 2. The number of imidazole rings is 1. The zero-order valence-corrected chi connectivity index (χ0v) is 10.3. The number of carboxylic acid groups (broad SMARTS) is 1. The van der Waals surface area contributed by atoms with Crippen LogP contribution in [-0.4, -0.2) is 27.2 Å². The first-order chi connectivity index (χ1) is 9.54. The van der Waals surface area contributed by atoms with Gasteiger partial charge in [0, 0.05) is 18.8 Å². The van der Waals surface area contributed by atoms with Gasteiger partial charge in [0.05, 0.1) is 6.04 Å². The predicted octanol–water partition coefficient (Wildman–Crippen LogP) is 2.26. The third-order valence-electron chi connectivity index (χ3n) is 3.26. The van der Waals surface area contributed by atoms with Gasteiger partial charge in [-0.1, -0.05) is 0 Å². The second kappa shape index (κ2) is 4.59. The minimum atomic E-state index is -1.14. The van der Waals surface area contributed by atoms with Gasteiger partial charge in [0.1, 0.15) is 11.6 Å². The van der Waals surface area contributed by atoms with Gasteiger partial charge in [-0.05, 0) is 24.1 Å². The van der Waals surface area contributed by atoms with Crippen LogP contribution in [-0.2, 0) is 0 Å². The van der Waals surface area contributed by atoms with E-state index in [4.69, 9.17) is 5.11 Å². The number of benzene rings is 1. The van der Waals surface area contributed by atoms with E-state index in [0.29, 0.717) is 24.5 Å². The Kier molecular flexibility index (Phi) is 2.89. The molecular formula is C13H11F2N3O2. The van der Waals surface area contributed by atoms with E-state index >= 15 is 0 Å². The molecule has 20 heavy (non-hydrogen) atoms. The molecule has 0 fully saturated rings. The van der Waals surface area contributed by atoms with E-state index in [2.05, 4.69) is 10.3 Å². The summed E-state index contributed by atoms with van der Waals surface area (Å²) in [7, 11) is 0. The molecule has 2 aromatic rings. The molecule has 0 aliphatic carbocycles. The fraction of sp³-hybridized carbons (Fsp3) is 0.231. The van der Waals surface area contributed by atoms with Crippen molar-refractivity contribution in [3.63, 3.8) is 0 Å². The Morgan fingerprint density at radius 1 is 1.35 bits per heavy atom. The number of hydrogen-bond acceptors (Lipinski definition) is 3. The van der Waals surface area contributed by atoms with Crippen molar-refractivity contribution in [1.82, 2.24) is 9.55 Å². The van der Waals surface area contributed by atoms with Crippen LogP contribution in [0.25, 0.3) is 0 Å². The van der Waals surface area contributed by atoms with Crippen LogP contribution in [0.1, 0.15) is 28.5 Å². The lowest BCUT2D eigenvalue weighted by atomic mass is 10.0. The highest BCUT2D eigenvalue weighted by molar-refractivity contribution is 5.85. The Morgan fingerprint density at radius 2 is 2.05 bits per heavy atom. The Labute approximate surface area is 112 Å². The zero-order valence-electron chi connectivity index (χ0n) is 10.3. The predicted molar refractivity (Wildman–Crippen MR) is 66.8 cm³/mol. The maximum Gasteiger partial charge on any atom is 0.356 e. The quantitative estimate of drug-likeness (QED) is 0.885. The normalized spacial score (nSPS) is 17.4. The smallest absolute Gasteiger partial charge is 0.356 e. The molecule has 2 N–H and O–H groups in total. The number of aromatic carboxylic acids is 1. The van der Waals surface area contributed by atoms with E-state index in [1.807, 2.05) is 0 Å². The maximum absolute atomic E-state index is 13.3. The van der Waals surface area contributed by atoms with Gasteiger partial charge in [0.15, 0.2) is 5.69 Å². The number of aromatic nitrogens is 2. The first kappa shape index (κ1) is 12.6. The van der Waals surface area contributed by atoms with E-state index in [1.165, 1.54) is 18.3 Å². The molecule has 1 unspecified atom stereocenters. The number of fused-ring (bicyclic) bond motifs is 1. The molecule has 0 saturated carbocycles. The molecule has 1 atom stereocenters. The number of nitrogens with zero attached hydrogens (tertiary/aromatic N) is 2. The van der Waals surface area contributed by atoms with Gasteiger partial charge in [-0.25, -0.2) is 18.6 Å². The monoisotopic (exact) mass is 279 g/mol. The minimum absolute atomic E-state index is 0.101. The lowest BCUT2D eigenvalue weighted by molar-refractivity contribution is 0.0691. The number of hydrogen-bond donors (Lipinski definition) is 2. The molecule has 7 heteroatoms. The fourth-order valence-electron chi connectivity index (χ4n) is 2.42. The van der Waals surface area contributed by atoms with Crippen LogP contribution in [0.15, 0.2) is 24.4 Å². The second-order valence-electron chi connectivity index (χ2n) is 4.60. The molecule has 1 aromatic carbocycles. The van der Waals surface area contributed by atoms with Crippen molar-refractivity contribution >= 4 is 11.9 Å². The number of carboxylic acids is 1. The number of rotatable bonds is 2. The highest BCUT2D eigenvalue weighted by atomic mass is 19.1. The summed E-state index contributed by atoms with van der Waals surface area (Å²) in [4.78, 5) is 14.9. The van der Waals surface area contributed by atoms with E-state index in [-0.39, 0.29) is 11.7 Å². The lowest BCUT2D eigenvalue weighted by Crippen LogP contribution is -2.23. The number of anilines is 1. The zero-order chi connectivity index (χ0) is 14.3. The van der Waals surface area contributed by atoms with Crippen LogP contribution in [0.5, 0.6) is 0 Å². The summed E-state index contributed by atoms with van der Waals surface area (Å²) in [5, 5.41) is 11.9. The molecule has 104 valence electrons. The average Bonchev–Trinajstić information content (AvgIpc) is 2.81. The average molecular weight is 279 g/mol. The molecule has 1 aromatic heterocycles. The van der Waals surface area contributed by atoms with Crippen molar-refractivity contribution in [3.8, 4) is 0 Å². The Hall–Kier alpha value is -2.44. The van der Waals surface area contributed by atoms with Gasteiger partial charge in [0.25, 0.3) is 0 Å². The Morgan fingerprint density at radius 3 is 2.70 bits per heavy atom. The van der Waals surface area contributed by atoms with Crippen LogP contribution in [0, 0.1) is 11.6 Å². The highest BCUT2D eigenvalue weighted by Crippen LogP contribution is 2.30. The van der Waals surface area contributed by atoms with Crippen molar-refractivity contribution in [2.75, 3.05) is 11.9 Å². The standard InChI is InChI=1S/C13H11F2N3O2/c14-8-3-7(4-9(15)5-8)11-1-2-16-13-17-10(12(19)20)6-18(11)13/h3-6,11H,1-2H2,(H,16,17)(H,19,20). The number of carbonyl (C=O) groups is 1. The third kappa shape index (κ3) is 2.11. The topological polar surface area (TPSA) is 67.1 Å². The molecule has 0 spiro atoms. The summed E-state index contributed by atoms with van der Waals surface area (Å²) >= 11 is 0. The van der Waals surface area contributed by atoms with Gasteiger partial charge in [0.2, 0.25) is 5.95 Å². The van der Waals surface area contributed by atoms with E-state index in [1.54, 1.807) is 4.57 Å². The van der Waals surface area contributed by atoms with Crippen molar-refractivity contribution in [3.05, 3.63) is 47.3 Å². The molecule has 2 heterocycles. The van der Waals surface area contributed by atoms with Crippen LogP contribution in [0.3, 0.4) is 0 Å². The van der Waals surface area contributed by atoms with Crippen LogP contribution in [0.2, 0.25) is 0 Å². The largest absolute Gasteiger partial charge is 0.476 e. The summed E-state index contributed by atoms with van der Waals surface area (Å²) < 4.78 is 28.2. The summed E-state index contributed by atoms with van der Waals surface area (Å²) in [6, 6.07) is 2.98. The molecule has 5 nitrogen and oxygen atoms in total. The lowest BCUT2D eigenvalue weighted by Gasteiger charge is -2.26. The fourth-order valence-corrected chi connectivity index (χ4v) is 2.42. The maximum atomic E-state index is 13.3. The molecule has 0 bridgehead atoms. The molecule has 0 amide bonds. The van der Waals surface area contributed by atoms with Gasteiger partial charge in [-0.3, -0.25) is 0 Å². The van der Waals surface area contributed by atoms with Crippen molar-refractivity contribution < 1.29 is 18.7 Å². The van der Waals surface area contributed by atoms with Crippen LogP contribution >= 0.6 is 0 Å². The first-order valence-corrected chi connectivity index (χ1v) is 6.06. The summed E-state index contributed by atoms with van der Waals surface area (Å²) in [6.07, 6.45) is 1.96. The van der Waals surface area contributed by atoms with Crippen molar-refractivity contribution in [2.45, 2.75) is 12.5 Å². The molecule has 0 saturated heterocycles. The van der Waals surface area contributed by atoms with Crippen molar-refractivity contribution in [2.24, 2.45) is 0 Å². The van der Waals surface area contributed by atoms with Gasteiger partial charge < -0.3 is 15.0 Å². The SMILES string of the molecule is O=C(O)c1cn2c(n1)NCCC2c1cc(F)cc(F)c1. The van der Waals surface area contributed by atoms with Crippen molar-refractivity contribution in [1.29, 1.82) is 0 Å². The van der Waals surface area contributed by atoms with Gasteiger partial charge >= 0.3 is 5.97 Å². The third-order valence-corrected chi connectivity index (χ3v) is 3.26. The Bertz CT molecular complexity index is 664. The van der Waals surface area contributed by atoms with Crippen LogP contribution < -0.4 is 5.32 Å². The van der Waals surface area contributed by atoms with Crippen LogP contribution in [0.4, 0.5) is 14.7 Å². The van der Waals surface area contributed by atoms with Gasteiger partial charge in [-0.15, -0.1) is 0 Å². The van der Waals surface area contributed by atoms with E-state index < -0.39 is 17.6 Å². The highest BCUT2D eigenvalue weighted by Gasteiger charge is 2.25. The second-order valence-corrected chi connectivity index (χ2v) is 4.60.